The molecule has 0 rings (SSSR count). The van der Waals surface area contributed by atoms with Crippen molar-refractivity contribution in [2.24, 2.45) is 10.8 Å². The van der Waals surface area contributed by atoms with Crippen molar-refractivity contribution in [2.75, 3.05) is 42.2 Å². The van der Waals surface area contributed by atoms with Crippen molar-refractivity contribution in [1.29, 1.82) is 0 Å². The third kappa shape index (κ3) is 16.8. The Bertz CT molecular complexity index is 693. The molecule has 10 nitrogen and oxygen atoms in total. The molecule has 0 aromatic carbocycles. The second-order valence-electron chi connectivity index (χ2n) is 12.8. The molecule has 0 heterocycles. The average molecular weight is 641 g/mol. The second kappa shape index (κ2) is 19.0. The first kappa shape index (κ1) is 40.5. The first-order chi connectivity index (χ1) is 19.0. The number of aliphatic hydroxyl groups is 1. The van der Waals surface area contributed by atoms with Crippen LogP contribution in [0.3, 0.4) is 0 Å². The summed E-state index contributed by atoms with van der Waals surface area (Å²) in [6, 6.07) is 1.28. The molecule has 0 aliphatic heterocycles. The number of carbonyl (C=O) groups excluding carboxylic acids is 2. The van der Waals surface area contributed by atoms with Crippen LogP contribution < -0.4 is 0 Å². The highest BCUT2D eigenvalue weighted by Gasteiger charge is 2.52. The molecule has 0 atom stereocenters. The molecule has 0 amide bonds. The van der Waals surface area contributed by atoms with Gasteiger partial charge in [-0.05, 0) is 62.4 Å². The zero-order valence-electron chi connectivity index (χ0n) is 27.8. The zero-order chi connectivity index (χ0) is 31.8. The summed E-state index contributed by atoms with van der Waals surface area (Å²) in [5.41, 5.74) is 0.0311. The maximum Gasteiger partial charge on any atom is 0.491 e. The van der Waals surface area contributed by atoms with Gasteiger partial charge in [0.1, 0.15) is 6.61 Å². The van der Waals surface area contributed by atoms with E-state index in [1.54, 1.807) is 28.4 Å². The normalized spacial score (nSPS) is 13.5. The van der Waals surface area contributed by atoms with E-state index in [0.29, 0.717) is 24.9 Å². The van der Waals surface area contributed by atoms with Crippen LogP contribution in [0.1, 0.15) is 91.9 Å². The summed E-state index contributed by atoms with van der Waals surface area (Å²) in [4.78, 5) is 22.8. The minimum atomic E-state index is -3.06. The summed E-state index contributed by atoms with van der Waals surface area (Å²) in [7, 11) is -0.986. The van der Waals surface area contributed by atoms with Crippen molar-refractivity contribution in [3.8, 4) is 0 Å². The zero-order valence-corrected chi connectivity index (χ0v) is 30.8. The van der Waals surface area contributed by atoms with Crippen molar-refractivity contribution in [3.63, 3.8) is 0 Å². The average Bonchev–Trinajstić information content (AvgIpc) is 2.93. The van der Waals surface area contributed by atoms with Gasteiger partial charge in [-0.15, -0.1) is 0 Å². The lowest BCUT2D eigenvalue weighted by atomic mass is 9.84. The van der Waals surface area contributed by atoms with Gasteiger partial charge in [-0.25, -0.2) is 0 Å². The molecule has 0 aliphatic carbocycles. The topological polar surface area (TPSA) is 119 Å². The largest absolute Gasteiger partial charge is 0.491 e. The quantitative estimate of drug-likeness (QED) is 0.0737. The molecule has 0 aromatic rings. The number of rotatable bonds is 25. The van der Waals surface area contributed by atoms with Crippen LogP contribution in [0.2, 0.25) is 25.2 Å². The lowest BCUT2D eigenvalue weighted by Gasteiger charge is -2.40. The van der Waals surface area contributed by atoms with Crippen molar-refractivity contribution >= 4 is 37.9 Å². The van der Waals surface area contributed by atoms with Crippen molar-refractivity contribution in [2.45, 2.75) is 117 Å². The summed E-state index contributed by atoms with van der Waals surface area (Å²) < 4.78 is 41.9. The maximum atomic E-state index is 11.4. The van der Waals surface area contributed by atoms with Gasteiger partial charge < -0.3 is 35.8 Å². The van der Waals surface area contributed by atoms with Crippen molar-refractivity contribution in [3.05, 3.63) is 0 Å². The molecule has 0 fully saturated rings. The molecular formula is C28H60O10Si3. The number of unbranched alkanes of at least 4 members (excludes halogenated alkanes) is 2. The molecule has 1 N–H and O–H groups in total. The molecule has 0 spiro atoms. The fourth-order valence-corrected chi connectivity index (χ4v) is 16.6. The van der Waals surface area contributed by atoms with Crippen LogP contribution in [-0.4, -0.2) is 85.2 Å². The van der Waals surface area contributed by atoms with Crippen LogP contribution in [-0.2, 0) is 40.3 Å². The van der Waals surface area contributed by atoms with Gasteiger partial charge in [-0.2, -0.15) is 0 Å². The number of ether oxygens (including phenoxy) is 1. The van der Waals surface area contributed by atoms with E-state index in [2.05, 4.69) is 27.7 Å². The predicted octanol–water partition coefficient (Wildman–Crippen LogP) is 5.87. The van der Waals surface area contributed by atoms with Crippen LogP contribution in [0, 0.1) is 10.8 Å². The molecule has 0 saturated carbocycles. The molecular weight excluding hydrogens is 581 g/mol. The number of Topliss-reactive ketones (excluding diaryl/α,β-unsaturated/α-hetero) is 1. The molecule has 0 saturated heterocycles. The summed E-state index contributed by atoms with van der Waals surface area (Å²) in [5, 5.41) is 8.93. The van der Waals surface area contributed by atoms with Gasteiger partial charge in [-0.3, -0.25) is 9.59 Å². The Labute approximate surface area is 253 Å². The number of aliphatic hydroxyl groups excluding tert-OH is 1. The highest BCUT2D eigenvalue weighted by molar-refractivity contribution is 6.82. The van der Waals surface area contributed by atoms with Gasteiger partial charge >= 0.3 is 32.1 Å². The third-order valence-electron chi connectivity index (χ3n) is 7.71. The molecule has 0 radical (unpaired) electrons. The summed E-state index contributed by atoms with van der Waals surface area (Å²) in [5.74, 6) is -0.282. The van der Waals surface area contributed by atoms with Crippen LogP contribution >= 0.6 is 0 Å². The predicted molar refractivity (Wildman–Crippen MR) is 167 cm³/mol. The van der Waals surface area contributed by atoms with Gasteiger partial charge in [0, 0.05) is 53.4 Å². The second-order valence-corrected chi connectivity index (χ2v) is 22.6. The number of methoxy groups -OCH3 is 1. The Balaban J connectivity index is 5.25. The number of ketones is 1. The molecule has 13 heteroatoms. The molecule has 0 aliphatic rings. The summed E-state index contributed by atoms with van der Waals surface area (Å²) >= 11 is 0. The van der Waals surface area contributed by atoms with Gasteiger partial charge in [0.05, 0.1) is 7.11 Å². The highest BCUT2D eigenvalue weighted by Crippen LogP contribution is 2.37. The van der Waals surface area contributed by atoms with Crippen LogP contribution in [0.25, 0.3) is 0 Å². The van der Waals surface area contributed by atoms with E-state index in [9.17, 15) is 9.59 Å². The molecule has 0 bridgehead atoms. The van der Waals surface area contributed by atoms with Gasteiger partial charge in [-0.1, -0.05) is 40.5 Å². The van der Waals surface area contributed by atoms with Crippen LogP contribution in [0.15, 0.2) is 0 Å². The van der Waals surface area contributed by atoms with Crippen LogP contribution in [0.5, 0.6) is 0 Å². The molecule has 41 heavy (non-hydrogen) atoms. The van der Waals surface area contributed by atoms with E-state index in [1.807, 2.05) is 13.1 Å². The summed E-state index contributed by atoms with van der Waals surface area (Å²) in [6.07, 6.45) is 7.88. The number of carbonyl (C=O) groups is 2. The van der Waals surface area contributed by atoms with E-state index < -0.39 is 26.2 Å². The highest BCUT2D eigenvalue weighted by atomic mass is 28.5. The minimum absolute atomic E-state index is 0.00743. The van der Waals surface area contributed by atoms with E-state index in [-0.39, 0.29) is 29.2 Å². The first-order valence-corrected chi connectivity index (χ1v) is 21.5. The van der Waals surface area contributed by atoms with Gasteiger partial charge in [0.15, 0.2) is 5.78 Å². The first-order valence-electron chi connectivity index (χ1n) is 14.8. The van der Waals surface area contributed by atoms with Crippen LogP contribution in [0.4, 0.5) is 0 Å². The molecule has 0 unspecified atom stereocenters. The number of hydrogen-bond acceptors (Lipinski definition) is 10. The Morgan fingerprint density at radius 3 is 1.37 bits per heavy atom. The number of esters is 1. The molecule has 0 aromatic heterocycles. The van der Waals surface area contributed by atoms with Crippen molar-refractivity contribution < 1.29 is 45.4 Å². The fraction of sp³-hybridized carbons (Fsp3) is 0.929. The standard InChI is InChI=1S/C28H60O10Si3/c1-27(2,18-14-12-16-25(30)24-29)20-22-40(33-6,34-7)37-39(10,11)38-41(35-8,36-9)23-21-28(3,4)19-15-13-17-26(31)32-5/h29H,12-24H2,1-11H3. The van der Waals surface area contributed by atoms with E-state index in [4.69, 9.17) is 35.8 Å². The summed E-state index contributed by atoms with van der Waals surface area (Å²) in [6.45, 7) is 12.4. The maximum absolute atomic E-state index is 11.4. The fourth-order valence-electron chi connectivity index (χ4n) is 4.83. The number of hydrogen-bond donors (Lipinski definition) is 1. The smallest absolute Gasteiger partial charge is 0.469 e. The minimum Gasteiger partial charge on any atom is -0.469 e. The Morgan fingerprint density at radius 2 is 1.02 bits per heavy atom. The Hall–Kier alpha value is -0.489. The van der Waals surface area contributed by atoms with E-state index in [1.165, 1.54) is 7.11 Å². The van der Waals surface area contributed by atoms with E-state index >= 15 is 0 Å². The Morgan fingerprint density at radius 1 is 0.634 bits per heavy atom. The monoisotopic (exact) mass is 640 g/mol. The third-order valence-corrected chi connectivity index (χ3v) is 18.3. The SMILES string of the molecule is COC(=O)CCCCC(C)(C)CC[Si](OC)(OC)O[Si](C)(C)O[Si](CCC(C)(C)CCCCC(=O)CO)(OC)OC. The van der Waals surface area contributed by atoms with Gasteiger partial charge in [0.2, 0.25) is 0 Å². The van der Waals surface area contributed by atoms with E-state index in [0.717, 1.165) is 51.4 Å². The molecule has 244 valence electrons. The lowest BCUT2D eigenvalue weighted by Crippen LogP contribution is -2.59. The van der Waals surface area contributed by atoms with Crippen molar-refractivity contribution in [1.82, 2.24) is 0 Å². The lowest BCUT2D eigenvalue weighted by molar-refractivity contribution is -0.140. The Kier molecular flexibility index (Phi) is 18.8. The van der Waals surface area contributed by atoms with Gasteiger partial charge in [0.25, 0.3) is 0 Å².